The molecule has 1 aliphatic heterocycles. The second kappa shape index (κ2) is 5.45. The average molecular weight is 270 g/mol. The third-order valence-electron chi connectivity index (χ3n) is 2.66. The Morgan fingerprint density at radius 2 is 2.44 bits per heavy atom. The largest absolute Gasteiger partial charge is 0.481 e. The van der Waals surface area contributed by atoms with Gasteiger partial charge >= 0.3 is 5.97 Å². The van der Waals surface area contributed by atoms with Crippen LogP contribution in [-0.2, 0) is 9.53 Å². The van der Waals surface area contributed by atoms with Gasteiger partial charge in [-0.25, -0.2) is 4.98 Å². The first kappa shape index (κ1) is 13.0. The topological polar surface area (TPSA) is 79.7 Å². The standard InChI is InChI=1S/C11H14N2O4S/c1-7-12-5-9(18-7)11(16)13-2-3-17-8(6-13)4-10(14)15/h5,8H,2-4,6H2,1H3,(H,14,15). The van der Waals surface area contributed by atoms with Gasteiger partial charge in [0.05, 0.1) is 30.3 Å². The molecule has 1 N–H and O–H groups in total. The highest BCUT2D eigenvalue weighted by Gasteiger charge is 2.27. The summed E-state index contributed by atoms with van der Waals surface area (Å²) in [4.78, 5) is 29.0. The third kappa shape index (κ3) is 3.05. The van der Waals surface area contributed by atoms with Crippen molar-refractivity contribution in [2.45, 2.75) is 19.4 Å². The minimum atomic E-state index is -0.914. The van der Waals surface area contributed by atoms with Crippen molar-refractivity contribution < 1.29 is 19.4 Å². The zero-order valence-electron chi connectivity index (χ0n) is 9.96. The van der Waals surface area contributed by atoms with Gasteiger partial charge in [0.1, 0.15) is 4.88 Å². The molecule has 2 heterocycles. The van der Waals surface area contributed by atoms with Crippen molar-refractivity contribution in [1.82, 2.24) is 9.88 Å². The number of carboxylic acid groups (broad SMARTS) is 1. The first-order valence-electron chi connectivity index (χ1n) is 5.61. The first-order chi connectivity index (χ1) is 8.56. The van der Waals surface area contributed by atoms with Crippen LogP contribution in [-0.4, -0.2) is 52.7 Å². The number of ether oxygens (including phenoxy) is 1. The average Bonchev–Trinajstić information content (AvgIpc) is 2.74. The van der Waals surface area contributed by atoms with Crippen molar-refractivity contribution in [2.24, 2.45) is 0 Å². The summed E-state index contributed by atoms with van der Waals surface area (Å²) in [6.07, 6.45) is 1.06. The summed E-state index contributed by atoms with van der Waals surface area (Å²) in [6, 6.07) is 0. The van der Waals surface area contributed by atoms with Gasteiger partial charge in [-0.2, -0.15) is 0 Å². The number of amides is 1. The van der Waals surface area contributed by atoms with Gasteiger partial charge in [-0.3, -0.25) is 9.59 Å². The fourth-order valence-electron chi connectivity index (χ4n) is 1.84. The molecule has 0 radical (unpaired) electrons. The van der Waals surface area contributed by atoms with Gasteiger partial charge in [-0.1, -0.05) is 0 Å². The maximum Gasteiger partial charge on any atom is 0.306 e. The Balaban J connectivity index is 2.00. The van der Waals surface area contributed by atoms with E-state index in [1.807, 2.05) is 6.92 Å². The lowest BCUT2D eigenvalue weighted by Gasteiger charge is -2.31. The summed E-state index contributed by atoms with van der Waals surface area (Å²) < 4.78 is 5.32. The molecule has 1 amide bonds. The van der Waals surface area contributed by atoms with E-state index in [-0.39, 0.29) is 12.3 Å². The van der Waals surface area contributed by atoms with Crippen molar-refractivity contribution in [3.63, 3.8) is 0 Å². The molecule has 1 unspecified atom stereocenters. The Labute approximate surface area is 108 Å². The van der Waals surface area contributed by atoms with Crippen LogP contribution in [0.15, 0.2) is 6.20 Å². The SMILES string of the molecule is Cc1ncc(C(=O)N2CCOC(CC(=O)O)C2)s1. The number of aryl methyl sites for hydroxylation is 1. The number of hydrogen-bond acceptors (Lipinski definition) is 5. The molecule has 2 rings (SSSR count). The normalized spacial score (nSPS) is 19.8. The van der Waals surface area contributed by atoms with Crippen molar-refractivity contribution in [2.75, 3.05) is 19.7 Å². The molecule has 1 aliphatic rings. The molecule has 1 fully saturated rings. The smallest absolute Gasteiger partial charge is 0.306 e. The lowest BCUT2D eigenvalue weighted by Crippen LogP contribution is -2.46. The number of carbonyl (C=O) groups is 2. The molecule has 0 bridgehead atoms. The molecular weight excluding hydrogens is 256 g/mol. The monoisotopic (exact) mass is 270 g/mol. The molecule has 1 aromatic rings. The van der Waals surface area contributed by atoms with Crippen molar-refractivity contribution in [3.05, 3.63) is 16.1 Å². The van der Waals surface area contributed by atoms with E-state index in [0.29, 0.717) is 24.6 Å². The summed E-state index contributed by atoms with van der Waals surface area (Å²) in [5.41, 5.74) is 0. The van der Waals surface area contributed by atoms with E-state index in [4.69, 9.17) is 9.84 Å². The van der Waals surface area contributed by atoms with E-state index >= 15 is 0 Å². The molecule has 1 aromatic heterocycles. The Bertz CT molecular complexity index is 460. The third-order valence-corrected chi connectivity index (χ3v) is 3.56. The molecule has 0 saturated carbocycles. The summed E-state index contributed by atoms with van der Waals surface area (Å²) in [7, 11) is 0. The van der Waals surface area contributed by atoms with Crippen molar-refractivity contribution in [1.29, 1.82) is 0 Å². The van der Waals surface area contributed by atoms with Crippen LogP contribution >= 0.6 is 11.3 Å². The van der Waals surface area contributed by atoms with Crippen LogP contribution in [0.5, 0.6) is 0 Å². The quantitative estimate of drug-likeness (QED) is 0.877. The Kier molecular flexibility index (Phi) is 3.93. The summed E-state index contributed by atoms with van der Waals surface area (Å²) in [5.74, 6) is -1.01. The summed E-state index contributed by atoms with van der Waals surface area (Å²) in [6.45, 7) is 3.03. The van der Waals surface area contributed by atoms with Crippen LogP contribution in [0.2, 0.25) is 0 Å². The van der Waals surface area contributed by atoms with Crippen LogP contribution in [0.25, 0.3) is 0 Å². The van der Waals surface area contributed by atoms with E-state index in [1.165, 1.54) is 11.3 Å². The van der Waals surface area contributed by atoms with Crippen LogP contribution in [0, 0.1) is 6.92 Å². The highest BCUT2D eigenvalue weighted by Crippen LogP contribution is 2.17. The Hall–Kier alpha value is -1.47. The van der Waals surface area contributed by atoms with Crippen LogP contribution in [0.1, 0.15) is 21.1 Å². The lowest BCUT2D eigenvalue weighted by molar-refractivity contribution is -0.141. The van der Waals surface area contributed by atoms with Gasteiger partial charge in [0.25, 0.3) is 5.91 Å². The maximum absolute atomic E-state index is 12.1. The second-order valence-electron chi connectivity index (χ2n) is 4.09. The van der Waals surface area contributed by atoms with E-state index in [0.717, 1.165) is 5.01 Å². The van der Waals surface area contributed by atoms with Gasteiger partial charge in [-0.15, -0.1) is 11.3 Å². The van der Waals surface area contributed by atoms with Crippen molar-refractivity contribution in [3.8, 4) is 0 Å². The zero-order valence-corrected chi connectivity index (χ0v) is 10.8. The number of aromatic nitrogens is 1. The fraction of sp³-hybridized carbons (Fsp3) is 0.545. The maximum atomic E-state index is 12.1. The zero-order chi connectivity index (χ0) is 13.1. The number of hydrogen-bond donors (Lipinski definition) is 1. The minimum absolute atomic E-state index is 0.0779. The van der Waals surface area contributed by atoms with Gasteiger partial charge in [0.15, 0.2) is 0 Å². The predicted molar refractivity (Wildman–Crippen MR) is 64.7 cm³/mol. The fourth-order valence-corrected chi connectivity index (χ4v) is 2.58. The molecule has 6 nitrogen and oxygen atoms in total. The molecule has 1 atom stereocenters. The molecule has 98 valence electrons. The van der Waals surface area contributed by atoms with Crippen LogP contribution < -0.4 is 0 Å². The number of aliphatic carboxylic acids is 1. The number of morpholine rings is 1. The second-order valence-corrected chi connectivity index (χ2v) is 5.32. The molecule has 0 spiro atoms. The number of thiazole rings is 1. The molecule has 0 aromatic carbocycles. The molecule has 0 aliphatic carbocycles. The predicted octanol–water partition coefficient (Wildman–Crippen LogP) is 0.767. The van der Waals surface area contributed by atoms with Gasteiger partial charge in [0, 0.05) is 13.1 Å². The van der Waals surface area contributed by atoms with Gasteiger partial charge in [-0.05, 0) is 6.92 Å². The Morgan fingerprint density at radius 1 is 1.67 bits per heavy atom. The van der Waals surface area contributed by atoms with Crippen molar-refractivity contribution >= 4 is 23.2 Å². The number of carbonyl (C=O) groups excluding carboxylic acids is 1. The molecular formula is C11H14N2O4S. The van der Waals surface area contributed by atoms with E-state index in [9.17, 15) is 9.59 Å². The first-order valence-corrected chi connectivity index (χ1v) is 6.43. The van der Waals surface area contributed by atoms with E-state index in [1.54, 1.807) is 11.1 Å². The highest BCUT2D eigenvalue weighted by atomic mass is 32.1. The number of nitrogens with zero attached hydrogens (tertiary/aromatic N) is 2. The number of carboxylic acids is 1. The molecule has 7 heteroatoms. The summed E-state index contributed by atoms with van der Waals surface area (Å²) in [5, 5.41) is 9.56. The lowest BCUT2D eigenvalue weighted by atomic mass is 10.2. The molecule has 18 heavy (non-hydrogen) atoms. The molecule has 1 saturated heterocycles. The highest BCUT2D eigenvalue weighted by molar-refractivity contribution is 7.13. The minimum Gasteiger partial charge on any atom is -0.481 e. The van der Waals surface area contributed by atoms with E-state index < -0.39 is 12.1 Å². The number of rotatable bonds is 3. The summed E-state index contributed by atoms with van der Waals surface area (Å²) >= 11 is 1.35. The van der Waals surface area contributed by atoms with Gasteiger partial charge in [0.2, 0.25) is 0 Å². The van der Waals surface area contributed by atoms with Crippen LogP contribution in [0.3, 0.4) is 0 Å². The Morgan fingerprint density at radius 3 is 3.06 bits per heavy atom. The van der Waals surface area contributed by atoms with Gasteiger partial charge < -0.3 is 14.7 Å². The van der Waals surface area contributed by atoms with E-state index in [2.05, 4.69) is 4.98 Å². The van der Waals surface area contributed by atoms with Crippen LogP contribution in [0.4, 0.5) is 0 Å².